The first kappa shape index (κ1) is 33.2. The van der Waals surface area contributed by atoms with Gasteiger partial charge < -0.3 is 9.13 Å². The minimum atomic E-state index is -4.87. The van der Waals surface area contributed by atoms with Gasteiger partial charge in [-0.3, -0.25) is 0 Å². The third-order valence-corrected chi connectivity index (χ3v) is 9.74. The van der Waals surface area contributed by atoms with Gasteiger partial charge in [0.25, 0.3) is 0 Å². The fourth-order valence-corrected chi connectivity index (χ4v) is 7.42. The van der Waals surface area contributed by atoms with Crippen LogP contribution in [-0.2, 0) is 12.4 Å². The summed E-state index contributed by atoms with van der Waals surface area (Å²) in [5.74, 6) is 0. The number of rotatable bonds is 3. The number of hydrogen-bond acceptors (Lipinski definition) is 0. The zero-order chi connectivity index (χ0) is 36.9. The van der Waals surface area contributed by atoms with Crippen LogP contribution in [0.15, 0.2) is 103 Å². The molecule has 0 amide bonds. The number of benzene rings is 6. The Hall–Kier alpha value is -6.01. The van der Waals surface area contributed by atoms with Crippen molar-refractivity contribution < 1.29 is 26.3 Å². The summed E-state index contributed by atoms with van der Waals surface area (Å²) in [7, 11) is 0. The summed E-state index contributed by atoms with van der Waals surface area (Å²) in [6, 6.07) is 27.6. The first-order chi connectivity index (χ1) is 24.6. The predicted molar refractivity (Wildman–Crippen MR) is 196 cm³/mol. The van der Waals surface area contributed by atoms with Gasteiger partial charge in [-0.2, -0.15) is 26.3 Å². The summed E-state index contributed by atoms with van der Waals surface area (Å²) in [5.41, 5.74) is 3.49. The molecule has 2 aromatic heterocycles. The standard InChI is InChI=1S/C43H29F6N3/c1-23-6-10-36-31(14-23)32-15-24(2)7-11-37(32)51(36)40-22-35(43(47,48)49)41(21-30(40)27-18-28(42(44,45)46)20-29(19-27)50-5)52-38-12-8-25(3)16-33(38)34-17-26(4)9-13-39(34)52/h6-22H,1-4H3. The number of fused-ring (bicyclic) bond motifs is 6. The Morgan fingerprint density at radius 3 is 1.29 bits per heavy atom. The van der Waals surface area contributed by atoms with Gasteiger partial charge in [0.15, 0.2) is 5.69 Å². The second-order valence-electron chi connectivity index (χ2n) is 13.5. The molecule has 0 fully saturated rings. The molecule has 0 radical (unpaired) electrons. The molecule has 0 spiro atoms. The largest absolute Gasteiger partial charge is 0.418 e. The lowest BCUT2D eigenvalue weighted by molar-refractivity contribution is -0.138. The summed E-state index contributed by atoms with van der Waals surface area (Å²) in [5, 5.41) is 3.09. The number of nitrogens with zero attached hydrogens (tertiary/aromatic N) is 3. The topological polar surface area (TPSA) is 14.2 Å². The number of halogens is 6. The van der Waals surface area contributed by atoms with Gasteiger partial charge in [-0.25, -0.2) is 4.85 Å². The van der Waals surface area contributed by atoms with Gasteiger partial charge in [0.1, 0.15) is 0 Å². The molecule has 0 bridgehead atoms. The highest BCUT2D eigenvalue weighted by Gasteiger charge is 2.37. The van der Waals surface area contributed by atoms with Gasteiger partial charge in [-0.05, 0) is 112 Å². The maximum Gasteiger partial charge on any atom is 0.418 e. The van der Waals surface area contributed by atoms with E-state index in [0.29, 0.717) is 22.1 Å². The number of aryl methyl sites for hydroxylation is 4. The summed E-state index contributed by atoms with van der Waals surface area (Å²) in [6.45, 7) is 15.3. The minimum Gasteiger partial charge on any atom is -0.309 e. The Kier molecular flexibility index (Phi) is 7.33. The first-order valence-corrected chi connectivity index (χ1v) is 16.5. The molecule has 0 aliphatic carbocycles. The van der Waals surface area contributed by atoms with E-state index in [9.17, 15) is 13.2 Å². The van der Waals surface area contributed by atoms with Crippen molar-refractivity contribution in [2.75, 3.05) is 0 Å². The van der Waals surface area contributed by atoms with E-state index in [4.69, 9.17) is 6.57 Å². The lowest BCUT2D eigenvalue weighted by Gasteiger charge is -2.22. The Bertz CT molecular complexity index is 2710. The Labute approximate surface area is 294 Å². The molecule has 0 saturated heterocycles. The first-order valence-electron chi connectivity index (χ1n) is 16.5. The van der Waals surface area contributed by atoms with Crippen LogP contribution in [0.1, 0.15) is 33.4 Å². The van der Waals surface area contributed by atoms with Crippen molar-refractivity contribution in [1.82, 2.24) is 9.13 Å². The third-order valence-electron chi connectivity index (χ3n) is 9.74. The average molecular weight is 702 g/mol. The summed E-state index contributed by atoms with van der Waals surface area (Å²) in [4.78, 5) is 3.33. The molecule has 0 unspecified atom stereocenters. The molecule has 52 heavy (non-hydrogen) atoms. The molecule has 2 heterocycles. The van der Waals surface area contributed by atoms with Crippen LogP contribution in [0.2, 0.25) is 0 Å². The predicted octanol–water partition coefficient (Wildman–Crippen LogP) is 13.4. The van der Waals surface area contributed by atoms with E-state index in [2.05, 4.69) is 4.85 Å². The fraction of sp³-hybridized carbons (Fsp3) is 0.140. The zero-order valence-corrected chi connectivity index (χ0v) is 28.4. The van der Waals surface area contributed by atoms with E-state index in [-0.39, 0.29) is 28.2 Å². The van der Waals surface area contributed by atoms with Crippen molar-refractivity contribution in [3.05, 3.63) is 148 Å². The Balaban J connectivity index is 1.59. The van der Waals surface area contributed by atoms with E-state index >= 15 is 13.2 Å². The number of hydrogen-bond donors (Lipinski definition) is 0. The molecular weight excluding hydrogens is 672 g/mol. The number of aromatic nitrogens is 2. The molecule has 0 saturated carbocycles. The maximum absolute atomic E-state index is 15.6. The lowest BCUT2D eigenvalue weighted by atomic mass is 9.96. The van der Waals surface area contributed by atoms with Crippen molar-refractivity contribution in [3.8, 4) is 22.5 Å². The minimum absolute atomic E-state index is 0.0338. The van der Waals surface area contributed by atoms with Crippen molar-refractivity contribution in [3.63, 3.8) is 0 Å². The van der Waals surface area contributed by atoms with Crippen molar-refractivity contribution in [2.45, 2.75) is 40.0 Å². The highest BCUT2D eigenvalue weighted by atomic mass is 19.4. The van der Waals surface area contributed by atoms with Gasteiger partial charge in [-0.15, -0.1) is 0 Å². The maximum atomic E-state index is 15.6. The quantitative estimate of drug-likeness (QED) is 0.129. The van der Waals surface area contributed by atoms with Crippen LogP contribution in [0.3, 0.4) is 0 Å². The Morgan fingerprint density at radius 1 is 0.481 bits per heavy atom. The van der Waals surface area contributed by atoms with Gasteiger partial charge in [-0.1, -0.05) is 46.5 Å². The molecule has 0 N–H and O–H groups in total. The van der Waals surface area contributed by atoms with E-state index < -0.39 is 23.5 Å². The second kappa shape index (κ2) is 11.5. The third kappa shape index (κ3) is 5.29. The summed E-state index contributed by atoms with van der Waals surface area (Å²) >= 11 is 0. The van der Waals surface area contributed by atoms with Crippen molar-refractivity contribution in [1.29, 1.82) is 0 Å². The average Bonchev–Trinajstić information content (AvgIpc) is 3.57. The van der Waals surface area contributed by atoms with Gasteiger partial charge in [0.05, 0.1) is 45.6 Å². The molecular formula is C43H29F6N3. The van der Waals surface area contributed by atoms with Crippen LogP contribution in [-0.4, -0.2) is 9.13 Å². The van der Waals surface area contributed by atoms with E-state index in [1.54, 1.807) is 21.3 Å². The molecule has 9 heteroatoms. The highest BCUT2D eigenvalue weighted by molar-refractivity contribution is 6.11. The molecule has 258 valence electrons. The van der Waals surface area contributed by atoms with Crippen LogP contribution in [0.25, 0.3) is 71.0 Å². The zero-order valence-electron chi connectivity index (χ0n) is 28.4. The van der Waals surface area contributed by atoms with E-state index in [1.165, 1.54) is 12.1 Å². The molecule has 6 aromatic carbocycles. The van der Waals surface area contributed by atoms with Crippen LogP contribution >= 0.6 is 0 Å². The number of alkyl halides is 6. The van der Waals surface area contributed by atoms with Gasteiger partial charge >= 0.3 is 12.4 Å². The molecule has 0 atom stereocenters. The lowest BCUT2D eigenvalue weighted by Crippen LogP contribution is -2.13. The molecule has 0 aliphatic heterocycles. The molecule has 0 aliphatic rings. The van der Waals surface area contributed by atoms with Crippen LogP contribution in [0, 0.1) is 34.3 Å². The molecule has 8 aromatic rings. The van der Waals surface area contributed by atoms with E-state index in [0.717, 1.165) is 62.0 Å². The van der Waals surface area contributed by atoms with Gasteiger partial charge in [0.2, 0.25) is 0 Å². The van der Waals surface area contributed by atoms with Crippen molar-refractivity contribution >= 4 is 49.3 Å². The summed E-state index contributed by atoms with van der Waals surface area (Å²) < 4.78 is 93.0. The second-order valence-corrected chi connectivity index (χ2v) is 13.5. The van der Waals surface area contributed by atoms with Crippen molar-refractivity contribution in [2.24, 2.45) is 0 Å². The van der Waals surface area contributed by atoms with Crippen LogP contribution < -0.4 is 0 Å². The van der Waals surface area contributed by atoms with Crippen LogP contribution in [0.4, 0.5) is 32.0 Å². The summed E-state index contributed by atoms with van der Waals surface area (Å²) in [6.07, 6.45) is -9.68. The fourth-order valence-electron chi connectivity index (χ4n) is 7.42. The Morgan fingerprint density at radius 2 is 0.904 bits per heavy atom. The smallest absolute Gasteiger partial charge is 0.309 e. The molecule has 3 nitrogen and oxygen atoms in total. The molecule has 8 rings (SSSR count). The normalized spacial score (nSPS) is 12.4. The highest BCUT2D eigenvalue weighted by Crippen LogP contribution is 2.46. The van der Waals surface area contributed by atoms with Gasteiger partial charge in [0, 0.05) is 32.7 Å². The van der Waals surface area contributed by atoms with E-state index in [1.807, 2.05) is 88.4 Å². The SMILES string of the molecule is [C-]#[N+]c1cc(-c2cc(-n3c4ccc(C)cc4c4cc(C)ccc43)c(C(F)(F)F)cc2-n2c3ccc(C)cc3c3cc(C)ccc32)cc(C(F)(F)F)c1. The van der Waals surface area contributed by atoms with Crippen LogP contribution in [0.5, 0.6) is 0 Å². The monoisotopic (exact) mass is 701 g/mol.